The predicted molar refractivity (Wildman–Crippen MR) is 121 cm³/mol. The van der Waals surface area contributed by atoms with Crippen LogP contribution in [0.5, 0.6) is 0 Å². The Labute approximate surface area is 183 Å². The molecule has 2 aliphatic rings. The lowest BCUT2D eigenvalue weighted by atomic mass is 10.1. The van der Waals surface area contributed by atoms with E-state index in [4.69, 9.17) is 4.42 Å². The number of carbonyl (C=O) groups excluding carboxylic acids is 1. The second kappa shape index (κ2) is 7.20. The number of oxazole rings is 1. The summed E-state index contributed by atoms with van der Waals surface area (Å²) in [4.78, 5) is 25.7. The van der Waals surface area contributed by atoms with Crippen molar-refractivity contribution in [3.05, 3.63) is 65.3 Å². The number of nitrogens with zero attached hydrogens (tertiary/aromatic N) is 3. The second-order valence-electron chi connectivity index (χ2n) is 8.33. The van der Waals surface area contributed by atoms with E-state index in [0.717, 1.165) is 33.1 Å². The summed E-state index contributed by atoms with van der Waals surface area (Å²) in [5.41, 5.74) is 3.21. The van der Waals surface area contributed by atoms with Crippen molar-refractivity contribution in [2.75, 3.05) is 18.4 Å². The molecule has 0 bridgehead atoms. The van der Waals surface area contributed by atoms with E-state index in [1.807, 2.05) is 66.4 Å². The average Bonchev–Trinajstić information content (AvgIpc) is 3.12. The van der Waals surface area contributed by atoms with Crippen molar-refractivity contribution < 1.29 is 9.21 Å². The van der Waals surface area contributed by atoms with Crippen molar-refractivity contribution in [1.29, 1.82) is 0 Å². The number of piperidine rings is 1. The number of rotatable bonds is 5. The third-order valence-electron chi connectivity index (χ3n) is 6.29. The number of hydrogen-bond donors (Lipinski definition) is 1. The minimum absolute atomic E-state index is 0.0276. The highest BCUT2D eigenvalue weighted by Crippen LogP contribution is 2.50. The van der Waals surface area contributed by atoms with E-state index in [2.05, 4.69) is 15.3 Å². The van der Waals surface area contributed by atoms with Gasteiger partial charge in [0.1, 0.15) is 11.2 Å². The molecule has 1 saturated carbocycles. The largest absolute Gasteiger partial charge is 0.424 e. The summed E-state index contributed by atoms with van der Waals surface area (Å²) >= 11 is 1.58. The van der Waals surface area contributed by atoms with Gasteiger partial charge in [-0.25, -0.2) is 4.98 Å². The van der Waals surface area contributed by atoms with Gasteiger partial charge < -0.3 is 14.6 Å². The highest BCUT2D eigenvalue weighted by molar-refractivity contribution is 7.15. The first-order chi connectivity index (χ1) is 15.2. The van der Waals surface area contributed by atoms with Crippen LogP contribution in [0.4, 0.5) is 6.01 Å². The summed E-state index contributed by atoms with van der Waals surface area (Å²) in [6.07, 6.45) is 1.19. The first-order valence-corrected chi connectivity index (χ1v) is 11.4. The van der Waals surface area contributed by atoms with E-state index in [-0.39, 0.29) is 11.9 Å². The number of carbonyl (C=O) groups is 1. The molecule has 0 radical (unpaired) electrons. The predicted octanol–water partition coefficient (Wildman–Crippen LogP) is 4.83. The quantitative estimate of drug-likeness (QED) is 0.491. The molecule has 3 heterocycles. The van der Waals surface area contributed by atoms with E-state index in [1.54, 1.807) is 11.3 Å². The Morgan fingerprint density at radius 1 is 1.16 bits per heavy atom. The number of fused-ring (bicyclic) bond motifs is 2. The third-order valence-corrected chi connectivity index (χ3v) is 7.31. The van der Waals surface area contributed by atoms with Crippen molar-refractivity contribution in [3.8, 4) is 10.4 Å². The zero-order chi connectivity index (χ0) is 20.9. The summed E-state index contributed by atoms with van der Waals surface area (Å²) in [6.45, 7) is 3.39. The van der Waals surface area contributed by atoms with E-state index in [0.29, 0.717) is 30.1 Å². The zero-order valence-electron chi connectivity index (χ0n) is 17.1. The van der Waals surface area contributed by atoms with Gasteiger partial charge in [0.2, 0.25) is 0 Å². The number of benzene rings is 2. The Bertz CT molecular complexity index is 1230. The maximum absolute atomic E-state index is 13.6. The number of aryl methyl sites for hydroxylation is 1. The van der Waals surface area contributed by atoms with Crippen molar-refractivity contribution in [2.24, 2.45) is 11.8 Å². The van der Waals surface area contributed by atoms with E-state index in [9.17, 15) is 4.79 Å². The summed E-state index contributed by atoms with van der Waals surface area (Å²) in [6, 6.07) is 18.4. The van der Waals surface area contributed by atoms with Gasteiger partial charge in [0, 0.05) is 13.1 Å². The van der Waals surface area contributed by atoms with Gasteiger partial charge in [0.15, 0.2) is 5.58 Å². The Hall–Kier alpha value is -3.19. The van der Waals surface area contributed by atoms with Crippen molar-refractivity contribution in [2.45, 2.75) is 19.4 Å². The molecule has 156 valence electrons. The number of amides is 1. The van der Waals surface area contributed by atoms with Crippen LogP contribution in [0.2, 0.25) is 0 Å². The Balaban J connectivity index is 1.24. The fourth-order valence-corrected chi connectivity index (χ4v) is 5.62. The van der Waals surface area contributed by atoms with E-state index in [1.165, 1.54) is 6.42 Å². The first kappa shape index (κ1) is 18.6. The molecule has 1 saturated heterocycles. The lowest BCUT2D eigenvalue weighted by molar-refractivity contribution is 0.0710. The van der Waals surface area contributed by atoms with Crippen LogP contribution >= 0.6 is 11.3 Å². The van der Waals surface area contributed by atoms with Crippen molar-refractivity contribution in [1.82, 2.24) is 14.9 Å². The van der Waals surface area contributed by atoms with Crippen LogP contribution < -0.4 is 5.32 Å². The van der Waals surface area contributed by atoms with Gasteiger partial charge in [-0.05, 0) is 42.9 Å². The van der Waals surface area contributed by atoms with Gasteiger partial charge in [-0.2, -0.15) is 4.98 Å². The van der Waals surface area contributed by atoms with Gasteiger partial charge in [-0.1, -0.05) is 42.5 Å². The summed E-state index contributed by atoms with van der Waals surface area (Å²) in [7, 11) is 0. The minimum Gasteiger partial charge on any atom is -0.424 e. The molecule has 6 rings (SSSR count). The number of para-hydroxylation sites is 2. The molecule has 0 unspecified atom stereocenters. The van der Waals surface area contributed by atoms with Gasteiger partial charge in [0.25, 0.3) is 11.9 Å². The highest BCUT2D eigenvalue weighted by Gasteiger charge is 2.54. The number of thiazole rings is 1. The van der Waals surface area contributed by atoms with Gasteiger partial charge in [-0.3, -0.25) is 4.79 Å². The summed E-state index contributed by atoms with van der Waals surface area (Å²) < 4.78 is 5.80. The lowest BCUT2D eigenvalue weighted by Crippen LogP contribution is -2.42. The maximum Gasteiger partial charge on any atom is 0.295 e. The summed E-state index contributed by atoms with van der Waals surface area (Å²) in [5, 5.41) is 4.24. The monoisotopic (exact) mass is 430 g/mol. The molecule has 31 heavy (non-hydrogen) atoms. The molecule has 7 heteroatoms. The molecule has 1 aliphatic heterocycles. The van der Waals surface area contributed by atoms with E-state index >= 15 is 0 Å². The van der Waals surface area contributed by atoms with E-state index < -0.39 is 0 Å². The van der Waals surface area contributed by atoms with Crippen LogP contribution in [0.15, 0.2) is 59.0 Å². The van der Waals surface area contributed by atoms with Gasteiger partial charge >= 0.3 is 0 Å². The van der Waals surface area contributed by atoms with Gasteiger partial charge in [0.05, 0.1) is 15.9 Å². The van der Waals surface area contributed by atoms with Crippen molar-refractivity contribution >= 4 is 34.4 Å². The average molecular weight is 431 g/mol. The minimum atomic E-state index is 0.0276. The smallest absolute Gasteiger partial charge is 0.295 e. The number of aromatic nitrogens is 2. The lowest BCUT2D eigenvalue weighted by Gasteiger charge is -2.27. The second-order valence-corrected chi connectivity index (χ2v) is 9.53. The maximum atomic E-state index is 13.6. The molecule has 3 atom stereocenters. The van der Waals surface area contributed by atoms with Crippen LogP contribution in [-0.2, 0) is 0 Å². The number of likely N-dealkylation sites (tertiary alicyclic amines) is 1. The van der Waals surface area contributed by atoms with Crippen LogP contribution in [-0.4, -0.2) is 39.9 Å². The SMILES string of the molecule is Cc1nc(C(=O)N2C[C@H]3C[C@H]3[C@H]2CNc2nc3ccccc3o2)c(-c2ccccc2)s1. The normalized spacial score (nSPS) is 22.0. The first-order valence-electron chi connectivity index (χ1n) is 10.6. The summed E-state index contributed by atoms with van der Waals surface area (Å²) in [5.74, 6) is 1.17. The molecular weight excluding hydrogens is 408 g/mol. The molecule has 1 N–H and O–H groups in total. The molecule has 6 nitrogen and oxygen atoms in total. The molecular formula is C24H22N4O2S. The van der Waals surface area contributed by atoms with Crippen LogP contribution in [0, 0.1) is 18.8 Å². The molecule has 2 aromatic carbocycles. The molecule has 4 aromatic rings. The van der Waals surface area contributed by atoms with Crippen molar-refractivity contribution in [3.63, 3.8) is 0 Å². The fraction of sp³-hybridized carbons (Fsp3) is 0.292. The topological polar surface area (TPSA) is 71.3 Å². The Morgan fingerprint density at radius 3 is 2.81 bits per heavy atom. The molecule has 1 amide bonds. The third kappa shape index (κ3) is 3.29. The molecule has 2 aromatic heterocycles. The van der Waals surface area contributed by atoms with Crippen LogP contribution in [0.1, 0.15) is 21.9 Å². The zero-order valence-corrected chi connectivity index (χ0v) is 17.9. The Morgan fingerprint density at radius 2 is 1.97 bits per heavy atom. The Kier molecular flexibility index (Phi) is 4.31. The number of nitrogens with one attached hydrogen (secondary N) is 1. The van der Waals surface area contributed by atoms with Gasteiger partial charge in [-0.15, -0.1) is 11.3 Å². The molecule has 1 aliphatic carbocycles. The highest BCUT2D eigenvalue weighted by atomic mass is 32.1. The van der Waals surface area contributed by atoms with Crippen LogP contribution in [0.25, 0.3) is 21.5 Å². The molecule has 0 spiro atoms. The number of hydrogen-bond acceptors (Lipinski definition) is 6. The number of anilines is 1. The van der Waals surface area contributed by atoms with Crippen LogP contribution in [0.3, 0.4) is 0 Å². The standard InChI is InChI=1S/C24H22N4O2S/c1-14-26-21(22(31-14)15-7-3-2-4-8-15)23(29)28-13-16-11-17(16)19(28)12-25-24-27-18-9-5-6-10-20(18)30-24/h2-10,16-17,19H,11-13H2,1H3,(H,25,27)/t16-,17-,19-/m1/s1. The molecule has 2 fully saturated rings. The fourth-order valence-electron chi connectivity index (χ4n) is 4.70.